The Morgan fingerprint density at radius 1 is 1.45 bits per heavy atom. The molecule has 3 N–H and O–H groups in total. The fourth-order valence-corrected chi connectivity index (χ4v) is 2.31. The molecule has 1 saturated carbocycles. The topological polar surface area (TPSA) is 91.3 Å². The van der Waals surface area contributed by atoms with Crippen molar-refractivity contribution in [2.24, 2.45) is 5.92 Å². The molecule has 0 spiro atoms. The molecule has 0 aliphatic heterocycles. The van der Waals surface area contributed by atoms with Gasteiger partial charge in [0.2, 0.25) is 0 Å². The van der Waals surface area contributed by atoms with Crippen LogP contribution in [0, 0.1) is 5.92 Å². The van der Waals surface area contributed by atoms with Crippen LogP contribution in [-0.4, -0.2) is 28.1 Å². The smallest absolute Gasteiger partial charge is 0.315 e. The predicted octanol–water partition coefficient (Wildman–Crippen LogP) is 2.07. The summed E-state index contributed by atoms with van der Waals surface area (Å²) in [6.45, 7) is 1.84. The van der Waals surface area contributed by atoms with Crippen molar-refractivity contribution >= 4 is 27.9 Å². The zero-order valence-corrected chi connectivity index (χ0v) is 12.6. The van der Waals surface area contributed by atoms with Gasteiger partial charge in [0.15, 0.2) is 0 Å². The number of carbonyl (C=O) groups is 2. The van der Waals surface area contributed by atoms with Crippen LogP contribution in [0.2, 0.25) is 0 Å². The molecule has 0 saturated heterocycles. The number of nitrogens with one attached hydrogen (secondary N) is 2. The van der Waals surface area contributed by atoms with Crippen molar-refractivity contribution < 1.29 is 14.7 Å². The lowest BCUT2D eigenvalue weighted by atomic mass is 9.80. The Bertz CT molecular complexity index is 500. The highest BCUT2D eigenvalue weighted by molar-refractivity contribution is 9.10. The lowest BCUT2D eigenvalue weighted by Gasteiger charge is -2.33. The second kappa shape index (κ2) is 6.21. The Balaban J connectivity index is 1.77. The average molecular weight is 342 g/mol. The third-order valence-electron chi connectivity index (χ3n) is 3.36. The summed E-state index contributed by atoms with van der Waals surface area (Å²) in [6, 6.07) is 3.14. The number of halogens is 1. The molecule has 0 radical (unpaired) electrons. The third-order valence-corrected chi connectivity index (χ3v) is 3.83. The molecule has 1 atom stereocenters. The van der Waals surface area contributed by atoms with Crippen LogP contribution in [0.15, 0.2) is 22.8 Å². The molecule has 2 rings (SSSR count). The molecule has 1 heterocycles. The summed E-state index contributed by atoms with van der Waals surface area (Å²) >= 11 is 3.30. The quantitative estimate of drug-likeness (QED) is 0.781. The number of pyridine rings is 1. The zero-order chi connectivity index (χ0) is 14.7. The van der Waals surface area contributed by atoms with Gasteiger partial charge in [-0.1, -0.05) is 0 Å². The van der Waals surface area contributed by atoms with E-state index in [-0.39, 0.29) is 24.0 Å². The van der Waals surface area contributed by atoms with Gasteiger partial charge in [0.25, 0.3) is 0 Å². The SMILES string of the molecule is CC(NC(=O)NC1CC(C(=O)O)C1)c1ccc(Br)cn1. The number of amides is 2. The highest BCUT2D eigenvalue weighted by Gasteiger charge is 2.35. The first kappa shape index (κ1) is 14.8. The Hall–Kier alpha value is -1.63. The number of hydrogen-bond donors (Lipinski definition) is 3. The monoisotopic (exact) mass is 341 g/mol. The first-order chi connectivity index (χ1) is 9.45. The number of hydrogen-bond acceptors (Lipinski definition) is 3. The molecule has 0 aromatic carbocycles. The van der Waals surface area contributed by atoms with Crippen LogP contribution in [0.3, 0.4) is 0 Å². The van der Waals surface area contributed by atoms with Gasteiger partial charge >= 0.3 is 12.0 Å². The van der Waals surface area contributed by atoms with E-state index < -0.39 is 5.97 Å². The van der Waals surface area contributed by atoms with Gasteiger partial charge in [-0.3, -0.25) is 9.78 Å². The van der Waals surface area contributed by atoms with Gasteiger partial charge < -0.3 is 15.7 Å². The van der Waals surface area contributed by atoms with Gasteiger partial charge in [-0.15, -0.1) is 0 Å². The summed E-state index contributed by atoms with van der Waals surface area (Å²) in [5.74, 6) is -1.12. The highest BCUT2D eigenvalue weighted by atomic mass is 79.9. The number of nitrogens with zero attached hydrogens (tertiary/aromatic N) is 1. The molecule has 1 fully saturated rings. The van der Waals surface area contributed by atoms with Crippen LogP contribution < -0.4 is 10.6 Å². The molecule has 20 heavy (non-hydrogen) atoms. The first-order valence-electron chi connectivity index (χ1n) is 6.37. The van der Waals surface area contributed by atoms with Gasteiger partial charge in [-0.05, 0) is 47.8 Å². The minimum atomic E-state index is -0.795. The van der Waals surface area contributed by atoms with Crippen molar-refractivity contribution in [3.05, 3.63) is 28.5 Å². The summed E-state index contributed by atoms with van der Waals surface area (Å²) in [5.41, 5.74) is 0.764. The van der Waals surface area contributed by atoms with Crippen LogP contribution >= 0.6 is 15.9 Å². The number of rotatable bonds is 4. The number of urea groups is 1. The maximum absolute atomic E-state index is 11.8. The van der Waals surface area contributed by atoms with Crippen molar-refractivity contribution in [2.45, 2.75) is 31.8 Å². The molecule has 7 heteroatoms. The lowest BCUT2D eigenvalue weighted by Crippen LogP contribution is -2.50. The molecule has 6 nitrogen and oxygen atoms in total. The Morgan fingerprint density at radius 3 is 2.70 bits per heavy atom. The van der Waals surface area contributed by atoms with Gasteiger partial charge in [-0.25, -0.2) is 4.79 Å². The van der Waals surface area contributed by atoms with Crippen LogP contribution in [0.1, 0.15) is 31.5 Å². The van der Waals surface area contributed by atoms with Crippen molar-refractivity contribution in [3.8, 4) is 0 Å². The second-order valence-electron chi connectivity index (χ2n) is 4.94. The van der Waals surface area contributed by atoms with E-state index in [1.165, 1.54) is 0 Å². The normalized spacial score (nSPS) is 22.5. The van der Waals surface area contributed by atoms with E-state index in [1.54, 1.807) is 6.20 Å². The summed E-state index contributed by atoms with van der Waals surface area (Å²) in [4.78, 5) is 26.6. The Morgan fingerprint density at radius 2 is 2.15 bits per heavy atom. The minimum absolute atomic E-state index is 0.0545. The first-order valence-corrected chi connectivity index (χ1v) is 7.16. The van der Waals surface area contributed by atoms with Crippen LogP contribution in [-0.2, 0) is 4.79 Å². The van der Waals surface area contributed by atoms with Crippen molar-refractivity contribution in [1.29, 1.82) is 0 Å². The summed E-state index contributed by atoms with van der Waals surface area (Å²) < 4.78 is 0.882. The highest BCUT2D eigenvalue weighted by Crippen LogP contribution is 2.27. The van der Waals surface area contributed by atoms with Crippen molar-refractivity contribution in [1.82, 2.24) is 15.6 Å². The Labute approximate surface area is 125 Å². The number of aliphatic carboxylic acids is 1. The van der Waals surface area contributed by atoms with E-state index in [0.29, 0.717) is 12.8 Å². The molecule has 1 aliphatic rings. The van der Waals surface area contributed by atoms with Gasteiger partial charge in [0, 0.05) is 16.7 Å². The number of carboxylic acids is 1. The number of carbonyl (C=O) groups excluding carboxylic acids is 1. The average Bonchev–Trinajstić information content (AvgIpc) is 2.33. The number of aromatic nitrogens is 1. The molecule has 1 aromatic heterocycles. The predicted molar refractivity (Wildman–Crippen MR) is 76.2 cm³/mol. The van der Waals surface area contributed by atoms with E-state index in [1.807, 2.05) is 19.1 Å². The maximum atomic E-state index is 11.8. The molecule has 108 valence electrons. The van der Waals surface area contributed by atoms with Crippen LogP contribution in [0.4, 0.5) is 4.79 Å². The second-order valence-corrected chi connectivity index (χ2v) is 5.86. The standard InChI is InChI=1S/C13H16BrN3O3/c1-7(11-3-2-9(14)6-15-11)16-13(20)17-10-4-8(5-10)12(18)19/h2-3,6-8,10H,4-5H2,1H3,(H,18,19)(H2,16,17,20). The van der Waals surface area contributed by atoms with Crippen molar-refractivity contribution in [2.75, 3.05) is 0 Å². The summed E-state index contributed by atoms with van der Waals surface area (Å²) in [6.07, 6.45) is 2.66. The van der Waals surface area contributed by atoms with Crippen molar-refractivity contribution in [3.63, 3.8) is 0 Å². The summed E-state index contributed by atoms with van der Waals surface area (Å²) in [7, 11) is 0. The molecule has 2 amide bonds. The van der Waals surface area contributed by atoms with E-state index in [9.17, 15) is 9.59 Å². The van der Waals surface area contributed by atoms with Crippen LogP contribution in [0.5, 0.6) is 0 Å². The van der Waals surface area contributed by atoms with Gasteiger partial charge in [0.1, 0.15) is 0 Å². The molecule has 1 aliphatic carbocycles. The van der Waals surface area contributed by atoms with E-state index >= 15 is 0 Å². The van der Waals surface area contributed by atoms with Crippen LogP contribution in [0.25, 0.3) is 0 Å². The largest absolute Gasteiger partial charge is 0.481 e. The third kappa shape index (κ3) is 3.69. The maximum Gasteiger partial charge on any atom is 0.315 e. The molecular weight excluding hydrogens is 326 g/mol. The zero-order valence-electron chi connectivity index (χ0n) is 11.0. The fraction of sp³-hybridized carbons (Fsp3) is 0.462. The van der Waals surface area contributed by atoms with E-state index in [4.69, 9.17) is 5.11 Å². The molecule has 1 unspecified atom stereocenters. The minimum Gasteiger partial charge on any atom is -0.481 e. The van der Waals surface area contributed by atoms with Gasteiger partial charge in [0.05, 0.1) is 17.7 Å². The fourth-order valence-electron chi connectivity index (χ4n) is 2.08. The van der Waals surface area contributed by atoms with E-state index in [0.717, 1.165) is 10.2 Å². The molecule has 0 bridgehead atoms. The lowest BCUT2D eigenvalue weighted by molar-refractivity contribution is -0.145. The van der Waals surface area contributed by atoms with E-state index in [2.05, 4.69) is 31.5 Å². The molecule has 1 aromatic rings. The molecular formula is C13H16BrN3O3. The number of carboxylic acid groups (broad SMARTS) is 1. The Kier molecular flexibility index (Phi) is 4.59. The van der Waals surface area contributed by atoms with Gasteiger partial charge in [-0.2, -0.15) is 0 Å². The summed E-state index contributed by atoms with van der Waals surface area (Å²) in [5, 5.41) is 14.3.